The maximum Gasteiger partial charge on any atom is 0.306 e. The molecule has 0 saturated heterocycles. The number of carbonyl (C=O) groups excluding carboxylic acids is 3. The van der Waals surface area contributed by atoms with E-state index >= 15 is 0 Å². The van der Waals surface area contributed by atoms with E-state index in [0.29, 0.717) is 19.3 Å². The molecule has 0 spiro atoms. The summed E-state index contributed by atoms with van der Waals surface area (Å²) in [5, 5.41) is 0. The van der Waals surface area contributed by atoms with Gasteiger partial charge in [0, 0.05) is 19.3 Å². The number of hydrogen-bond acceptors (Lipinski definition) is 6. The molecule has 0 radical (unpaired) electrons. The van der Waals surface area contributed by atoms with Crippen molar-refractivity contribution >= 4 is 17.9 Å². The van der Waals surface area contributed by atoms with Gasteiger partial charge in [-0.3, -0.25) is 14.4 Å². The first-order valence-electron chi connectivity index (χ1n) is 30.1. The van der Waals surface area contributed by atoms with Crippen LogP contribution in [0, 0.1) is 0 Å². The third-order valence-corrected chi connectivity index (χ3v) is 13.3. The Morgan fingerprint density at radius 3 is 0.855 bits per heavy atom. The van der Waals surface area contributed by atoms with Crippen LogP contribution in [0.1, 0.15) is 316 Å². The number of ether oxygens (including phenoxy) is 3. The lowest BCUT2D eigenvalue weighted by atomic mass is 10.0. The van der Waals surface area contributed by atoms with Crippen LogP contribution >= 0.6 is 0 Å². The van der Waals surface area contributed by atoms with Crippen molar-refractivity contribution in [1.29, 1.82) is 0 Å². The average Bonchev–Trinajstić information content (AvgIpc) is 3.35. The molecule has 6 nitrogen and oxygen atoms in total. The molecule has 0 aromatic heterocycles. The Hall–Kier alpha value is -2.63. The van der Waals surface area contributed by atoms with Gasteiger partial charge >= 0.3 is 17.9 Å². The highest BCUT2D eigenvalue weighted by atomic mass is 16.6. The standard InChI is InChI=1S/C63H114O6/c1-4-7-10-13-16-19-22-25-28-30-31-33-36-39-42-45-48-51-54-57-63(66)69-60(58-67-61(64)55-52-49-46-43-40-37-34-27-24-21-18-15-12-9-6-3)59-68-62(65)56-53-50-47-44-41-38-35-32-29-26-23-20-17-14-11-8-5-2/h17,20,26-27,29,34-35,38,60H,4-16,18-19,21-25,28,30-33,36-37,39-59H2,1-3H3/b20-17-,29-26-,34-27-,38-35-/t60-/m0/s1. The van der Waals surface area contributed by atoms with E-state index in [0.717, 1.165) is 89.9 Å². The van der Waals surface area contributed by atoms with E-state index in [1.54, 1.807) is 0 Å². The molecule has 0 unspecified atom stereocenters. The SMILES string of the molecule is CCCCC/C=C\C/C=C\C/C=C\CCCCCCC(=O)OC[C@H](COC(=O)CCCCCCC/C=C\CCCCCCCC)OC(=O)CCCCCCCCCCCCCCCCCCCCC. The van der Waals surface area contributed by atoms with E-state index in [4.69, 9.17) is 14.2 Å². The summed E-state index contributed by atoms with van der Waals surface area (Å²) in [5.41, 5.74) is 0. The van der Waals surface area contributed by atoms with Gasteiger partial charge in [-0.05, 0) is 83.5 Å². The minimum absolute atomic E-state index is 0.0817. The van der Waals surface area contributed by atoms with Crippen LogP contribution in [0.2, 0.25) is 0 Å². The van der Waals surface area contributed by atoms with Crippen molar-refractivity contribution in [2.45, 2.75) is 322 Å². The number of rotatable bonds is 55. The Balaban J connectivity index is 4.38. The molecule has 0 bridgehead atoms. The molecule has 6 heteroatoms. The van der Waals surface area contributed by atoms with Gasteiger partial charge in [0.25, 0.3) is 0 Å². The van der Waals surface area contributed by atoms with Crippen LogP contribution in [0.4, 0.5) is 0 Å². The molecule has 0 saturated carbocycles. The molecule has 0 amide bonds. The minimum atomic E-state index is -0.784. The molecule has 0 aliphatic carbocycles. The van der Waals surface area contributed by atoms with Crippen molar-refractivity contribution in [2.75, 3.05) is 13.2 Å². The number of hydrogen-bond donors (Lipinski definition) is 0. The highest BCUT2D eigenvalue weighted by Crippen LogP contribution is 2.17. The first-order chi connectivity index (χ1) is 34.0. The lowest BCUT2D eigenvalue weighted by Crippen LogP contribution is -2.30. The molecule has 0 aromatic rings. The molecular formula is C63H114O6. The van der Waals surface area contributed by atoms with Crippen LogP contribution < -0.4 is 0 Å². The Morgan fingerprint density at radius 1 is 0.290 bits per heavy atom. The molecule has 0 aromatic carbocycles. The molecule has 69 heavy (non-hydrogen) atoms. The van der Waals surface area contributed by atoms with Crippen molar-refractivity contribution in [3.63, 3.8) is 0 Å². The highest BCUT2D eigenvalue weighted by molar-refractivity contribution is 5.71. The number of allylic oxidation sites excluding steroid dienone is 8. The summed E-state index contributed by atoms with van der Waals surface area (Å²) in [4.78, 5) is 38.2. The van der Waals surface area contributed by atoms with Gasteiger partial charge < -0.3 is 14.2 Å². The predicted octanol–water partition coefficient (Wildman–Crippen LogP) is 20.2. The summed E-state index contributed by atoms with van der Waals surface area (Å²) < 4.78 is 16.9. The van der Waals surface area contributed by atoms with E-state index in [2.05, 4.69) is 69.4 Å². The molecule has 0 rings (SSSR count). The normalized spacial score (nSPS) is 12.3. The van der Waals surface area contributed by atoms with Crippen molar-refractivity contribution in [3.05, 3.63) is 48.6 Å². The average molecular weight is 968 g/mol. The Morgan fingerprint density at radius 2 is 0.522 bits per heavy atom. The molecule has 0 aliphatic heterocycles. The van der Waals surface area contributed by atoms with Gasteiger partial charge in [0.15, 0.2) is 6.10 Å². The smallest absolute Gasteiger partial charge is 0.306 e. The second kappa shape index (κ2) is 57.9. The van der Waals surface area contributed by atoms with Crippen molar-refractivity contribution in [2.24, 2.45) is 0 Å². The molecule has 0 N–H and O–H groups in total. The van der Waals surface area contributed by atoms with Crippen LogP contribution in [0.25, 0.3) is 0 Å². The Kier molecular flexibility index (Phi) is 55.7. The summed E-state index contributed by atoms with van der Waals surface area (Å²) in [6.45, 7) is 6.62. The lowest BCUT2D eigenvalue weighted by Gasteiger charge is -2.18. The predicted molar refractivity (Wildman–Crippen MR) is 298 cm³/mol. The third kappa shape index (κ3) is 56.2. The van der Waals surface area contributed by atoms with Crippen LogP contribution in [0.15, 0.2) is 48.6 Å². The van der Waals surface area contributed by atoms with Gasteiger partial charge in [0.05, 0.1) is 0 Å². The van der Waals surface area contributed by atoms with Gasteiger partial charge in [0.1, 0.15) is 13.2 Å². The van der Waals surface area contributed by atoms with E-state index in [1.165, 1.54) is 186 Å². The summed E-state index contributed by atoms with van der Waals surface area (Å²) in [6, 6.07) is 0. The lowest BCUT2D eigenvalue weighted by molar-refractivity contribution is -0.167. The van der Waals surface area contributed by atoms with Crippen LogP contribution in [-0.4, -0.2) is 37.2 Å². The molecule has 0 aliphatic rings. The first-order valence-corrected chi connectivity index (χ1v) is 30.1. The van der Waals surface area contributed by atoms with E-state index in [9.17, 15) is 14.4 Å². The fourth-order valence-electron chi connectivity index (χ4n) is 8.74. The summed E-state index contributed by atoms with van der Waals surface area (Å²) in [5.74, 6) is -0.894. The second-order valence-electron chi connectivity index (χ2n) is 20.3. The molecule has 0 heterocycles. The van der Waals surface area contributed by atoms with Crippen molar-refractivity contribution < 1.29 is 28.6 Å². The van der Waals surface area contributed by atoms with E-state index < -0.39 is 6.10 Å². The van der Waals surface area contributed by atoms with Gasteiger partial charge in [-0.15, -0.1) is 0 Å². The van der Waals surface area contributed by atoms with Crippen LogP contribution in [0.5, 0.6) is 0 Å². The van der Waals surface area contributed by atoms with Gasteiger partial charge in [-0.1, -0.05) is 262 Å². The van der Waals surface area contributed by atoms with Crippen LogP contribution in [-0.2, 0) is 28.6 Å². The maximum absolute atomic E-state index is 12.9. The zero-order chi connectivity index (χ0) is 50.0. The summed E-state index contributed by atoms with van der Waals surface area (Å²) in [6.07, 6.45) is 71.0. The third-order valence-electron chi connectivity index (χ3n) is 13.3. The number of esters is 3. The van der Waals surface area contributed by atoms with Crippen molar-refractivity contribution in [1.82, 2.24) is 0 Å². The van der Waals surface area contributed by atoms with Gasteiger partial charge in [0.2, 0.25) is 0 Å². The molecule has 1 atom stereocenters. The van der Waals surface area contributed by atoms with Crippen LogP contribution in [0.3, 0.4) is 0 Å². The number of unbranched alkanes of at least 4 members (excludes halogenated alkanes) is 36. The number of carbonyl (C=O) groups is 3. The Labute approximate surface area is 428 Å². The topological polar surface area (TPSA) is 78.9 Å². The fraction of sp³-hybridized carbons (Fsp3) is 0.825. The second-order valence-corrected chi connectivity index (χ2v) is 20.3. The zero-order valence-corrected chi connectivity index (χ0v) is 46.1. The van der Waals surface area contributed by atoms with Gasteiger partial charge in [-0.2, -0.15) is 0 Å². The van der Waals surface area contributed by atoms with Gasteiger partial charge in [-0.25, -0.2) is 0 Å². The minimum Gasteiger partial charge on any atom is -0.462 e. The zero-order valence-electron chi connectivity index (χ0n) is 46.1. The van der Waals surface area contributed by atoms with E-state index in [1.807, 2.05) is 0 Å². The maximum atomic E-state index is 12.9. The first kappa shape index (κ1) is 66.4. The van der Waals surface area contributed by atoms with Crippen molar-refractivity contribution in [3.8, 4) is 0 Å². The summed E-state index contributed by atoms with van der Waals surface area (Å²) in [7, 11) is 0. The largest absolute Gasteiger partial charge is 0.462 e. The molecule has 0 fully saturated rings. The molecular weight excluding hydrogens is 853 g/mol. The fourth-order valence-corrected chi connectivity index (χ4v) is 8.74. The van der Waals surface area contributed by atoms with E-state index in [-0.39, 0.29) is 31.1 Å². The monoisotopic (exact) mass is 967 g/mol. The molecule has 402 valence electrons. The highest BCUT2D eigenvalue weighted by Gasteiger charge is 2.19. The quantitative estimate of drug-likeness (QED) is 0.0262. The summed E-state index contributed by atoms with van der Waals surface area (Å²) >= 11 is 0. The Bertz CT molecular complexity index is 1200.